The van der Waals surface area contributed by atoms with Gasteiger partial charge in [0.25, 0.3) is 5.91 Å². The van der Waals surface area contributed by atoms with Gasteiger partial charge in [-0.15, -0.1) is 0 Å². The lowest BCUT2D eigenvalue weighted by Gasteiger charge is -2.45. The van der Waals surface area contributed by atoms with Crippen molar-refractivity contribution in [3.05, 3.63) is 24.0 Å². The molecule has 0 aliphatic carbocycles. The first-order valence-corrected chi connectivity index (χ1v) is 7.47. The molecule has 3 saturated heterocycles. The van der Waals surface area contributed by atoms with Crippen LogP contribution in [0.5, 0.6) is 0 Å². The number of fused-ring (bicyclic) bond motifs is 4. The lowest BCUT2D eigenvalue weighted by molar-refractivity contribution is 0.0969. The SMILES string of the molecule is NC(=O)c1cnc2[nH]ccc2c1N[C@H]1CN2CCC1CC2. The number of nitrogens with two attached hydrogens (primary N) is 1. The Balaban J connectivity index is 1.73. The lowest BCUT2D eigenvalue weighted by atomic mass is 9.84. The standard InChI is InChI=1S/C15H19N5O/c16-14(21)11-7-18-15-10(1-4-17-15)13(11)19-12-8-20-5-2-9(12)3-6-20/h1,4,7,9,12H,2-3,5-6,8H2,(H2,16,21)(H2,17,18,19)/t12-/m0/s1. The molecule has 2 aromatic rings. The molecule has 1 amide bonds. The number of aromatic nitrogens is 2. The van der Waals surface area contributed by atoms with Crippen LogP contribution in [0.2, 0.25) is 0 Å². The van der Waals surface area contributed by atoms with Gasteiger partial charge < -0.3 is 20.9 Å². The van der Waals surface area contributed by atoms with E-state index < -0.39 is 5.91 Å². The van der Waals surface area contributed by atoms with Gasteiger partial charge in [0.15, 0.2) is 0 Å². The van der Waals surface area contributed by atoms with Crippen molar-refractivity contribution in [2.45, 2.75) is 18.9 Å². The monoisotopic (exact) mass is 285 g/mol. The second kappa shape index (κ2) is 4.73. The van der Waals surface area contributed by atoms with Crippen LogP contribution < -0.4 is 11.1 Å². The third-order valence-corrected chi connectivity index (χ3v) is 4.84. The Labute approximate surface area is 122 Å². The summed E-state index contributed by atoms with van der Waals surface area (Å²) >= 11 is 0. The van der Waals surface area contributed by atoms with Gasteiger partial charge in [0.2, 0.25) is 0 Å². The van der Waals surface area contributed by atoms with Crippen LogP contribution in [0.4, 0.5) is 5.69 Å². The molecule has 21 heavy (non-hydrogen) atoms. The van der Waals surface area contributed by atoms with Gasteiger partial charge in [-0.1, -0.05) is 0 Å². The summed E-state index contributed by atoms with van der Waals surface area (Å²) in [6.45, 7) is 3.43. The van der Waals surface area contributed by atoms with Crippen molar-refractivity contribution < 1.29 is 4.79 Å². The molecule has 0 aromatic carbocycles. The Morgan fingerprint density at radius 1 is 1.43 bits per heavy atom. The summed E-state index contributed by atoms with van der Waals surface area (Å²) in [7, 11) is 0. The Hall–Kier alpha value is -2.08. The largest absolute Gasteiger partial charge is 0.379 e. The average Bonchev–Trinajstić information content (AvgIpc) is 2.97. The van der Waals surface area contributed by atoms with Gasteiger partial charge in [0.1, 0.15) is 5.65 Å². The third-order valence-electron chi connectivity index (χ3n) is 4.84. The highest BCUT2D eigenvalue weighted by Crippen LogP contribution is 2.33. The van der Waals surface area contributed by atoms with E-state index in [0.29, 0.717) is 17.5 Å². The van der Waals surface area contributed by atoms with Gasteiger partial charge in [0.05, 0.1) is 11.3 Å². The summed E-state index contributed by atoms with van der Waals surface area (Å²) in [5, 5.41) is 4.52. The maximum absolute atomic E-state index is 11.7. The van der Waals surface area contributed by atoms with Crippen molar-refractivity contribution in [3.63, 3.8) is 0 Å². The van der Waals surface area contributed by atoms with E-state index in [1.807, 2.05) is 12.3 Å². The molecular formula is C15H19N5O. The first-order valence-electron chi connectivity index (χ1n) is 7.47. The molecular weight excluding hydrogens is 266 g/mol. The number of amides is 1. The summed E-state index contributed by atoms with van der Waals surface area (Å²) in [5.74, 6) is 0.243. The zero-order valence-corrected chi connectivity index (χ0v) is 11.8. The number of hydrogen-bond acceptors (Lipinski definition) is 4. The average molecular weight is 285 g/mol. The lowest BCUT2D eigenvalue weighted by Crippen LogP contribution is -2.53. The molecule has 3 aliphatic heterocycles. The predicted octanol–water partition coefficient (Wildman–Crippen LogP) is 1.17. The van der Waals surface area contributed by atoms with E-state index in [0.717, 1.165) is 23.3 Å². The van der Waals surface area contributed by atoms with Crippen LogP contribution in [-0.4, -0.2) is 46.5 Å². The molecule has 0 radical (unpaired) electrons. The van der Waals surface area contributed by atoms with E-state index in [-0.39, 0.29) is 0 Å². The summed E-state index contributed by atoms with van der Waals surface area (Å²) in [5.41, 5.74) is 7.59. The van der Waals surface area contributed by atoms with Gasteiger partial charge in [-0.2, -0.15) is 0 Å². The molecule has 110 valence electrons. The van der Waals surface area contributed by atoms with E-state index >= 15 is 0 Å². The highest BCUT2D eigenvalue weighted by atomic mass is 16.1. The first kappa shape index (κ1) is 12.6. The summed E-state index contributed by atoms with van der Waals surface area (Å²) < 4.78 is 0. The summed E-state index contributed by atoms with van der Waals surface area (Å²) in [4.78, 5) is 21.5. The van der Waals surface area contributed by atoms with Crippen molar-refractivity contribution in [2.75, 3.05) is 25.0 Å². The first-order chi connectivity index (χ1) is 10.2. The minimum absolute atomic E-state index is 0.381. The molecule has 1 atom stereocenters. The van der Waals surface area contributed by atoms with E-state index in [1.165, 1.54) is 25.9 Å². The number of pyridine rings is 1. The molecule has 2 bridgehead atoms. The van der Waals surface area contributed by atoms with Crippen molar-refractivity contribution in [1.82, 2.24) is 14.9 Å². The predicted molar refractivity (Wildman–Crippen MR) is 81.2 cm³/mol. The molecule has 5 heterocycles. The van der Waals surface area contributed by atoms with E-state index in [9.17, 15) is 4.79 Å². The number of hydrogen-bond donors (Lipinski definition) is 3. The molecule has 6 nitrogen and oxygen atoms in total. The Kier molecular flexibility index (Phi) is 2.85. The summed E-state index contributed by atoms with van der Waals surface area (Å²) in [6.07, 6.45) is 5.85. The zero-order chi connectivity index (χ0) is 14.4. The number of aromatic amines is 1. The number of nitrogens with zero attached hydrogens (tertiary/aromatic N) is 2. The molecule has 0 spiro atoms. The third kappa shape index (κ3) is 2.06. The molecule has 5 rings (SSSR count). The molecule has 0 saturated carbocycles. The molecule has 6 heteroatoms. The fraction of sp³-hybridized carbons (Fsp3) is 0.467. The van der Waals surface area contributed by atoms with Crippen LogP contribution in [0.15, 0.2) is 18.5 Å². The van der Waals surface area contributed by atoms with E-state index in [2.05, 4.69) is 20.2 Å². The van der Waals surface area contributed by atoms with Crippen molar-refractivity contribution >= 4 is 22.6 Å². The molecule has 4 N–H and O–H groups in total. The van der Waals surface area contributed by atoms with Crippen molar-refractivity contribution in [3.8, 4) is 0 Å². The molecule has 3 aliphatic rings. The number of anilines is 1. The van der Waals surface area contributed by atoms with E-state index in [4.69, 9.17) is 5.73 Å². The Bertz CT molecular complexity index is 686. The van der Waals surface area contributed by atoms with Crippen LogP contribution in [-0.2, 0) is 0 Å². The second-order valence-corrected chi connectivity index (χ2v) is 6.04. The number of primary amides is 1. The Morgan fingerprint density at radius 2 is 2.24 bits per heavy atom. The fourth-order valence-corrected chi connectivity index (χ4v) is 3.66. The van der Waals surface area contributed by atoms with Crippen LogP contribution in [0.25, 0.3) is 11.0 Å². The van der Waals surface area contributed by atoms with Crippen LogP contribution in [0, 0.1) is 5.92 Å². The molecule has 0 unspecified atom stereocenters. The molecule has 3 fully saturated rings. The number of H-pyrrole nitrogens is 1. The van der Waals surface area contributed by atoms with Gasteiger partial charge in [-0.3, -0.25) is 4.79 Å². The van der Waals surface area contributed by atoms with Crippen LogP contribution >= 0.6 is 0 Å². The minimum Gasteiger partial charge on any atom is -0.379 e. The zero-order valence-electron chi connectivity index (χ0n) is 11.8. The number of rotatable bonds is 3. The van der Waals surface area contributed by atoms with Crippen LogP contribution in [0.1, 0.15) is 23.2 Å². The maximum atomic E-state index is 11.7. The number of carbonyl (C=O) groups is 1. The topological polar surface area (TPSA) is 87.0 Å². The minimum atomic E-state index is -0.436. The smallest absolute Gasteiger partial charge is 0.252 e. The van der Waals surface area contributed by atoms with Crippen molar-refractivity contribution in [1.29, 1.82) is 0 Å². The second-order valence-electron chi connectivity index (χ2n) is 6.04. The fourth-order valence-electron chi connectivity index (χ4n) is 3.66. The van der Waals surface area contributed by atoms with Crippen molar-refractivity contribution in [2.24, 2.45) is 11.7 Å². The van der Waals surface area contributed by atoms with Gasteiger partial charge in [-0.05, 0) is 37.9 Å². The Morgan fingerprint density at radius 3 is 2.90 bits per heavy atom. The quantitative estimate of drug-likeness (QED) is 0.790. The maximum Gasteiger partial charge on any atom is 0.252 e. The summed E-state index contributed by atoms with van der Waals surface area (Å²) in [6, 6.07) is 2.32. The number of piperidine rings is 3. The highest BCUT2D eigenvalue weighted by Gasteiger charge is 2.34. The highest BCUT2D eigenvalue weighted by molar-refractivity contribution is 6.05. The van der Waals surface area contributed by atoms with Gasteiger partial charge in [-0.25, -0.2) is 4.98 Å². The van der Waals surface area contributed by atoms with E-state index in [1.54, 1.807) is 6.20 Å². The van der Waals surface area contributed by atoms with Crippen LogP contribution in [0.3, 0.4) is 0 Å². The van der Waals surface area contributed by atoms with Gasteiger partial charge >= 0.3 is 0 Å². The number of carbonyl (C=O) groups excluding carboxylic acids is 1. The number of nitrogens with one attached hydrogen (secondary N) is 2. The normalized spacial score (nSPS) is 27.9. The van der Waals surface area contributed by atoms with Gasteiger partial charge in [0, 0.05) is 30.4 Å². The molecule has 2 aromatic heterocycles.